The van der Waals surface area contributed by atoms with Crippen LogP contribution in [0.5, 0.6) is 0 Å². The van der Waals surface area contributed by atoms with Gasteiger partial charge in [0.15, 0.2) is 11.6 Å². The van der Waals surface area contributed by atoms with Crippen LogP contribution in [0.15, 0.2) is 48.7 Å². The monoisotopic (exact) mass is 370 g/mol. The number of hydrogen-bond donors (Lipinski definition) is 0. The van der Waals surface area contributed by atoms with Crippen molar-refractivity contribution in [3.8, 4) is 0 Å². The molecule has 2 amide bonds. The number of fused-ring (bicyclic) bond motifs is 1. The molecule has 0 bridgehead atoms. The zero-order chi connectivity index (χ0) is 19.6. The van der Waals surface area contributed by atoms with Gasteiger partial charge in [0.2, 0.25) is 11.8 Å². The normalized spacial score (nSPS) is 15.4. The Hall–Kier alpha value is -3.02. The molecule has 1 heterocycles. The number of carbonyl (C=O) groups excluding carboxylic acids is 2. The fourth-order valence-electron chi connectivity index (χ4n) is 3.34. The summed E-state index contributed by atoms with van der Waals surface area (Å²) in [5, 5.41) is 0. The van der Waals surface area contributed by atoms with Crippen molar-refractivity contribution in [3.05, 3.63) is 71.4 Å². The number of halogens is 2. The summed E-state index contributed by atoms with van der Waals surface area (Å²) >= 11 is 0. The second-order valence-corrected chi connectivity index (χ2v) is 6.33. The highest BCUT2D eigenvalue weighted by Gasteiger charge is 2.30. The molecule has 2 aromatic rings. The molecule has 0 saturated heterocycles. The summed E-state index contributed by atoms with van der Waals surface area (Å²) in [6.45, 7) is 3.51. The Morgan fingerprint density at radius 2 is 1.85 bits per heavy atom. The van der Waals surface area contributed by atoms with Gasteiger partial charge in [0, 0.05) is 31.4 Å². The molecule has 1 aliphatic rings. The average Bonchev–Trinajstić information content (AvgIpc) is 2.65. The SMILES string of the molecule is CCN(C(=O)CC1c2ccccc2C=CN1C(C)=O)c1ccc(F)c(F)c1. The van der Waals surface area contributed by atoms with Gasteiger partial charge in [-0.1, -0.05) is 24.3 Å². The van der Waals surface area contributed by atoms with Gasteiger partial charge in [-0.05, 0) is 36.3 Å². The fraction of sp³-hybridized carbons (Fsp3) is 0.238. The van der Waals surface area contributed by atoms with Crippen LogP contribution >= 0.6 is 0 Å². The first-order valence-corrected chi connectivity index (χ1v) is 8.73. The van der Waals surface area contributed by atoms with Crippen LogP contribution < -0.4 is 4.90 Å². The van der Waals surface area contributed by atoms with Crippen LogP contribution in [-0.4, -0.2) is 23.3 Å². The van der Waals surface area contributed by atoms with Crippen molar-refractivity contribution >= 4 is 23.6 Å². The highest BCUT2D eigenvalue weighted by atomic mass is 19.2. The summed E-state index contributed by atoms with van der Waals surface area (Å²) < 4.78 is 26.8. The number of nitrogens with zero attached hydrogens (tertiary/aromatic N) is 2. The topological polar surface area (TPSA) is 40.6 Å². The molecule has 0 fully saturated rings. The summed E-state index contributed by atoms with van der Waals surface area (Å²) in [7, 11) is 0. The van der Waals surface area contributed by atoms with Gasteiger partial charge in [-0.3, -0.25) is 9.59 Å². The van der Waals surface area contributed by atoms with Crippen LogP contribution in [0.25, 0.3) is 6.08 Å². The van der Waals surface area contributed by atoms with Crippen molar-refractivity contribution in [2.45, 2.75) is 26.3 Å². The van der Waals surface area contributed by atoms with Gasteiger partial charge in [0.1, 0.15) is 0 Å². The van der Waals surface area contributed by atoms with Crippen LogP contribution in [0, 0.1) is 11.6 Å². The van der Waals surface area contributed by atoms with E-state index in [2.05, 4.69) is 0 Å². The Kier molecular flexibility index (Phi) is 5.35. The molecule has 2 aromatic carbocycles. The Labute approximate surface area is 156 Å². The number of hydrogen-bond acceptors (Lipinski definition) is 2. The van der Waals surface area contributed by atoms with Gasteiger partial charge in [-0.25, -0.2) is 8.78 Å². The third-order valence-corrected chi connectivity index (χ3v) is 4.67. The second kappa shape index (κ2) is 7.70. The van der Waals surface area contributed by atoms with E-state index in [1.54, 1.807) is 13.1 Å². The standard InChI is InChI=1S/C21H20F2N2O2/c1-3-24(16-8-9-18(22)19(23)12-16)21(27)13-20-17-7-5-4-6-15(17)10-11-25(20)14(2)26/h4-12,20H,3,13H2,1-2H3. The molecule has 6 heteroatoms. The molecule has 27 heavy (non-hydrogen) atoms. The molecule has 140 valence electrons. The summed E-state index contributed by atoms with van der Waals surface area (Å²) in [6, 6.07) is 10.5. The van der Waals surface area contributed by atoms with Gasteiger partial charge < -0.3 is 9.80 Å². The van der Waals surface area contributed by atoms with E-state index in [4.69, 9.17) is 0 Å². The minimum absolute atomic E-state index is 0.0355. The highest BCUT2D eigenvalue weighted by molar-refractivity contribution is 5.94. The smallest absolute Gasteiger partial charge is 0.229 e. The van der Waals surface area contributed by atoms with Gasteiger partial charge in [-0.2, -0.15) is 0 Å². The maximum atomic E-state index is 13.6. The van der Waals surface area contributed by atoms with Crippen molar-refractivity contribution in [3.63, 3.8) is 0 Å². The zero-order valence-electron chi connectivity index (χ0n) is 15.2. The molecule has 0 saturated carbocycles. The Balaban J connectivity index is 1.90. The first-order valence-electron chi connectivity index (χ1n) is 8.73. The van der Waals surface area contributed by atoms with Crippen LogP contribution in [0.4, 0.5) is 14.5 Å². The van der Waals surface area contributed by atoms with Crippen molar-refractivity contribution in [1.29, 1.82) is 0 Å². The molecule has 0 N–H and O–H groups in total. The van der Waals surface area contributed by atoms with Crippen LogP contribution in [0.1, 0.15) is 37.4 Å². The number of carbonyl (C=O) groups is 2. The number of anilines is 1. The molecule has 4 nitrogen and oxygen atoms in total. The summed E-state index contributed by atoms with van der Waals surface area (Å²) in [6.07, 6.45) is 3.55. The van der Waals surface area contributed by atoms with Crippen molar-refractivity contribution < 1.29 is 18.4 Å². The molecular formula is C21H20F2N2O2. The van der Waals surface area contributed by atoms with Crippen LogP contribution in [0.3, 0.4) is 0 Å². The second-order valence-electron chi connectivity index (χ2n) is 6.33. The Bertz CT molecular complexity index is 911. The molecule has 1 atom stereocenters. The van der Waals surface area contributed by atoms with Gasteiger partial charge in [-0.15, -0.1) is 0 Å². The van der Waals surface area contributed by atoms with Gasteiger partial charge in [0.25, 0.3) is 0 Å². The molecule has 0 aromatic heterocycles. The lowest BCUT2D eigenvalue weighted by atomic mass is 9.93. The van der Waals surface area contributed by atoms with Crippen molar-refractivity contribution in [2.24, 2.45) is 0 Å². The quantitative estimate of drug-likeness (QED) is 0.806. The summed E-state index contributed by atoms with van der Waals surface area (Å²) in [5.74, 6) is -2.41. The molecule has 1 unspecified atom stereocenters. The Morgan fingerprint density at radius 1 is 1.11 bits per heavy atom. The van der Waals surface area contributed by atoms with Crippen LogP contribution in [0.2, 0.25) is 0 Å². The largest absolute Gasteiger partial charge is 0.313 e. The van der Waals surface area contributed by atoms with E-state index in [0.29, 0.717) is 6.54 Å². The number of rotatable bonds is 4. The average molecular weight is 370 g/mol. The van der Waals surface area contributed by atoms with Crippen molar-refractivity contribution in [1.82, 2.24) is 4.90 Å². The van der Waals surface area contributed by atoms with E-state index in [1.807, 2.05) is 30.3 Å². The molecule has 1 aliphatic heterocycles. The molecule has 3 rings (SSSR count). The first kappa shape index (κ1) is 18.8. The Morgan fingerprint density at radius 3 is 2.52 bits per heavy atom. The summed E-state index contributed by atoms with van der Waals surface area (Å²) in [5.41, 5.74) is 2.11. The van der Waals surface area contributed by atoms with Gasteiger partial charge in [0.05, 0.1) is 12.5 Å². The van der Waals surface area contributed by atoms with E-state index < -0.39 is 17.7 Å². The molecule has 0 aliphatic carbocycles. The third kappa shape index (κ3) is 3.74. The predicted molar refractivity (Wildman–Crippen MR) is 99.7 cm³/mol. The van der Waals surface area contributed by atoms with Crippen LogP contribution in [-0.2, 0) is 9.59 Å². The molecular weight excluding hydrogens is 350 g/mol. The highest BCUT2D eigenvalue weighted by Crippen LogP contribution is 2.34. The maximum Gasteiger partial charge on any atom is 0.229 e. The maximum absolute atomic E-state index is 13.6. The first-order chi connectivity index (χ1) is 12.9. The molecule has 0 spiro atoms. The van der Waals surface area contributed by atoms with E-state index in [1.165, 1.54) is 22.8 Å². The third-order valence-electron chi connectivity index (χ3n) is 4.67. The minimum atomic E-state index is -1.00. The van der Waals surface area contributed by atoms with E-state index in [0.717, 1.165) is 23.3 Å². The lowest BCUT2D eigenvalue weighted by molar-refractivity contribution is -0.129. The summed E-state index contributed by atoms with van der Waals surface area (Å²) in [4.78, 5) is 27.9. The number of amides is 2. The minimum Gasteiger partial charge on any atom is -0.313 e. The van der Waals surface area contributed by atoms with E-state index >= 15 is 0 Å². The fourth-order valence-corrected chi connectivity index (χ4v) is 3.34. The lowest BCUT2D eigenvalue weighted by Crippen LogP contribution is -2.37. The molecule has 0 radical (unpaired) electrons. The zero-order valence-corrected chi connectivity index (χ0v) is 15.2. The predicted octanol–water partition coefficient (Wildman–Crippen LogP) is 4.28. The number of benzene rings is 2. The van der Waals surface area contributed by atoms with Gasteiger partial charge >= 0.3 is 0 Å². The van der Waals surface area contributed by atoms with Crippen molar-refractivity contribution in [2.75, 3.05) is 11.4 Å². The van der Waals surface area contributed by atoms with E-state index in [-0.39, 0.29) is 23.9 Å². The van der Waals surface area contributed by atoms with E-state index in [9.17, 15) is 18.4 Å². The lowest BCUT2D eigenvalue weighted by Gasteiger charge is -2.33.